The van der Waals surface area contributed by atoms with Gasteiger partial charge in [0.1, 0.15) is 5.57 Å². The van der Waals surface area contributed by atoms with Gasteiger partial charge >= 0.3 is 11.9 Å². The van der Waals surface area contributed by atoms with Crippen molar-refractivity contribution < 1.29 is 19.8 Å². The van der Waals surface area contributed by atoms with Crippen LogP contribution in [0.4, 0.5) is 0 Å². The van der Waals surface area contributed by atoms with Crippen LogP contribution >= 0.6 is 0 Å². The standard InChI is InChI=1S/C9H14O4/c1-3-6(4-2)5-7(8(10)11)9(12)13/h5-6H,3-4H2,1-2H3,(H,10,11)(H,12,13). The molecule has 0 saturated heterocycles. The molecule has 0 aliphatic rings. The van der Waals surface area contributed by atoms with Crippen molar-refractivity contribution in [2.45, 2.75) is 26.7 Å². The quantitative estimate of drug-likeness (QED) is 0.388. The van der Waals surface area contributed by atoms with Gasteiger partial charge in [-0.3, -0.25) is 0 Å². The summed E-state index contributed by atoms with van der Waals surface area (Å²) >= 11 is 0. The maximum Gasteiger partial charge on any atom is 0.342 e. The molecule has 0 atom stereocenters. The van der Waals surface area contributed by atoms with Gasteiger partial charge in [0.2, 0.25) is 0 Å². The van der Waals surface area contributed by atoms with Crippen LogP contribution in [0.5, 0.6) is 0 Å². The summed E-state index contributed by atoms with van der Waals surface area (Å²) in [4.78, 5) is 20.9. The van der Waals surface area contributed by atoms with Gasteiger partial charge in [-0.15, -0.1) is 0 Å². The van der Waals surface area contributed by atoms with E-state index in [1.54, 1.807) is 0 Å². The van der Waals surface area contributed by atoms with Gasteiger partial charge in [0.15, 0.2) is 0 Å². The lowest BCUT2D eigenvalue weighted by molar-refractivity contribution is -0.140. The first-order valence-corrected chi connectivity index (χ1v) is 4.21. The van der Waals surface area contributed by atoms with Crippen LogP contribution in [0, 0.1) is 5.92 Å². The predicted molar refractivity (Wildman–Crippen MR) is 47.4 cm³/mol. The summed E-state index contributed by atoms with van der Waals surface area (Å²) in [5.74, 6) is -2.72. The van der Waals surface area contributed by atoms with Gasteiger partial charge in [-0.2, -0.15) is 0 Å². The predicted octanol–water partition coefficient (Wildman–Crippen LogP) is 1.52. The molecule has 13 heavy (non-hydrogen) atoms. The van der Waals surface area contributed by atoms with Crippen LogP contribution in [0.15, 0.2) is 11.6 Å². The summed E-state index contributed by atoms with van der Waals surface area (Å²) < 4.78 is 0. The van der Waals surface area contributed by atoms with Gasteiger partial charge < -0.3 is 10.2 Å². The van der Waals surface area contributed by atoms with Crippen molar-refractivity contribution in [1.29, 1.82) is 0 Å². The van der Waals surface area contributed by atoms with Crippen molar-refractivity contribution in [2.75, 3.05) is 0 Å². The molecule has 0 saturated carbocycles. The fourth-order valence-corrected chi connectivity index (χ4v) is 0.994. The molecular weight excluding hydrogens is 172 g/mol. The van der Waals surface area contributed by atoms with Crippen molar-refractivity contribution in [2.24, 2.45) is 5.92 Å². The average molecular weight is 186 g/mol. The van der Waals surface area contributed by atoms with Crippen molar-refractivity contribution in [3.8, 4) is 0 Å². The van der Waals surface area contributed by atoms with Crippen LogP contribution < -0.4 is 0 Å². The Hall–Kier alpha value is -1.32. The molecule has 0 heterocycles. The number of carbonyl (C=O) groups is 2. The number of carboxylic acid groups (broad SMARTS) is 2. The van der Waals surface area contributed by atoms with Gasteiger partial charge in [0.25, 0.3) is 0 Å². The van der Waals surface area contributed by atoms with Crippen molar-refractivity contribution in [3.63, 3.8) is 0 Å². The number of carboxylic acids is 2. The highest BCUT2D eigenvalue weighted by Crippen LogP contribution is 2.12. The summed E-state index contributed by atoms with van der Waals surface area (Å²) in [6, 6.07) is 0. The van der Waals surface area contributed by atoms with Gasteiger partial charge in [-0.1, -0.05) is 19.9 Å². The Morgan fingerprint density at radius 1 is 1.15 bits per heavy atom. The maximum atomic E-state index is 10.5. The zero-order chi connectivity index (χ0) is 10.4. The third kappa shape index (κ3) is 3.73. The van der Waals surface area contributed by atoms with Crippen LogP contribution in [0.1, 0.15) is 26.7 Å². The number of rotatable bonds is 5. The molecule has 0 spiro atoms. The lowest BCUT2D eigenvalue weighted by Crippen LogP contribution is -2.13. The summed E-state index contributed by atoms with van der Waals surface area (Å²) in [5.41, 5.74) is -0.534. The van der Waals surface area contributed by atoms with Crippen LogP contribution in [-0.4, -0.2) is 22.2 Å². The minimum absolute atomic E-state index is 0.0298. The molecule has 4 nitrogen and oxygen atoms in total. The van der Waals surface area contributed by atoms with E-state index in [1.165, 1.54) is 6.08 Å². The first kappa shape index (κ1) is 11.7. The Labute approximate surface area is 76.9 Å². The first-order chi connectivity index (χ1) is 6.02. The molecule has 4 heteroatoms. The Balaban J connectivity index is 4.70. The molecule has 0 aliphatic heterocycles. The Kier molecular flexibility index (Phi) is 4.80. The lowest BCUT2D eigenvalue weighted by Gasteiger charge is -2.06. The average Bonchev–Trinajstić information content (AvgIpc) is 2.05. The van der Waals surface area contributed by atoms with Gasteiger partial charge in [0.05, 0.1) is 0 Å². The molecule has 0 aliphatic carbocycles. The number of hydrogen-bond donors (Lipinski definition) is 2. The molecular formula is C9H14O4. The summed E-state index contributed by atoms with van der Waals surface area (Å²) in [7, 11) is 0. The third-order valence-electron chi connectivity index (χ3n) is 1.91. The summed E-state index contributed by atoms with van der Waals surface area (Å²) in [5, 5.41) is 17.1. The number of allylic oxidation sites excluding steroid dienone is 1. The molecule has 0 rings (SSSR count). The normalized spacial score (nSPS) is 9.77. The number of aliphatic carboxylic acids is 2. The molecule has 0 unspecified atom stereocenters. The smallest absolute Gasteiger partial charge is 0.342 e. The van der Waals surface area contributed by atoms with E-state index in [0.717, 1.165) is 12.8 Å². The van der Waals surface area contributed by atoms with E-state index in [0.29, 0.717) is 0 Å². The second-order valence-corrected chi connectivity index (χ2v) is 2.77. The molecule has 0 radical (unpaired) electrons. The monoisotopic (exact) mass is 186 g/mol. The Morgan fingerprint density at radius 2 is 1.54 bits per heavy atom. The zero-order valence-corrected chi connectivity index (χ0v) is 7.78. The zero-order valence-electron chi connectivity index (χ0n) is 7.78. The highest BCUT2D eigenvalue weighted by atomic mass is 16.4. The Morgan fingerprint density at radius 3 is 1.77 bits per heavy atom. The third-order valence-corrected chi connectivity index (χ3v) is 1.91. The van der Waals surface area contributed by atoms with Crippen LogP contribution in [0.25, 0.3) is 0 Å². The van der Waals surface area contributed by atoms with Crippen molar-refractivity contribution in [3.05, 3.63) is 11.6 Å². The highest BCUT2D eigenvalue weighted by molar-refractivity contribution is 6.12. The second-order valence-electron chi connectivity index (χ2n) is 2.77. The van der Waals surface area contributed by atoms with Gasteiger partial charge in [0, 0.05) is 0 Å². The minimum Gasteiger partial charge on any atom is -0.477 e. The van der Waals surface area contributed by atoms with E-state index >= 15 is 0 Å². The summed E-state index contributed by atoms with van der Waals surface area (Å²) in [6.07, 6.45) is 2.81. The highest BCUT2D eigenvalue weighted by Gasteiger charge is 2.17. The molecule has 2 N–H and O–H groups in total. The maximum absolute atomic E-state index is 10.5. The largest absolute Gasteiger partial charge is 0.477 e. The second kappa shape index (κ2) is 5.35. The molecule has 0 aromatic heterocycles. The van der Waals surface area contributed by atoms with E-state index in [-0.39, 0.29) is 5.92 Å². The fourth-order valence-electron chi connectivity index (χ4n) is 0.994. The van der Waals surface area contributed by atoms with E-state index in [1.807, 2.05) is 13.8 Å². The van der Waals surface area contributed by atoms with Gasteiger partial charge in [-0.25, -0.2) is 9.59 Å². The molecule has 0 aromatic rings. The van der Waals surface area contributed by atoms with Crippen molar-refractivity contribution in [1.82, 2.24) is 0 Å². The van der Waals surface area contributed by atoms with E-state index in [9.17, 15) is 9.59 Å². The molecule has 0 fully saturated rings. The van der Waals surface area contributed by atoms with Crippen molar-refractivity contribution >= 4 is 11.9 Å². The minimum atomic E-state index is -1.38. The first-order valence-electron chi connectivity index (χ1n) is 4.21. The van der Waals surface area contributed by atoms with E-state index in [2.05, 4.69) is 0 Å². The van der Waals surface area contributed by atoms with E-state index < -0.39 is 17.5 Å². The number of hydrogen-bond acceptors (Lipinski definition) is 2. The SMILES string of the molecule is CCC(C=C(C(=O)O)C(=O)O)CC. The molecule has 74 valence electrons. The molecule has 0 aromatic carbocycles. The summed E-state index contributed by atoms with van der Waals surface area (Å²) in [6.45, 7) is 3.79. The van der Waals surface area contributed by atoms with Crippen LogP contribution in [0.3, 0.4) is 0 Å². The van der Waals surface area contributed by atoms with Gasteiger partial charge in [-0.05, 0) is 18.8 Å². The van der Waals surface area contributed by atoms with Crippen LogP contribution in [0.2, 0.25) is 0 Å². The fraction of sp³-hybridized carbons (Fsp3) is 0.556. The Bertz CT molecular complexity index is 210. The molecule has 0 amide bonds. The van der Waals surface area contributed by atoms with E-state index in [4.69, 9.17) is 10.2 Å². The molecule has 0 bridgehead atoms. The van der Waals surface area contributed by atoms with Crippen LogP contribution in [-0.2, 0) is 9.59 Å². The topological polar surface area (TPSA) is 74.6 Å². The lowest BCUT2D eigenvalue weighted by atomic mass is 10.00.